The zero-order valence-electron chi connectivity index (χ0n) is 17.5. The van der Waals surface area contributed by atoms with E-state index in [2.05, 4.69) is 21.6 Å². The molecule has 8 nitrogen and oxygen atoms in total. The number of hydrogen-bond acceptors (Lipinski definition) is 7. The second-order valence-electron chi connectivity index (χ2n) is 7.07. The minimum atomic E-state index is -0.0823. The third-order valence-electron chi connectivity index (χ3n) is 4.77. The zero-order valence-corrected chi connectivity index (χ0v) is 18.3. The van der Waals surface area contributed by atoms with Crippen LogP contribution in [0.4, 0.5) is 0 Å². The SMILES string of the molecule is COCCn1c(SCC(=O)NCc2ccc3c(c2)OCO3)nnc1-c1cccc(C)c1. The molecule has 1 aliphatic heterocycles. The predicted octanol–water partition coefficient (Wildman–Crippen LogP) is 3.04. The number of carbonyl (C=O) groups is 1. The number of methoxy groups -OCH3 is 1. The summed E-state index contributed by atoms with van der Waals surface area (Å²) in [7, 11) is 1.66. The van der Waals surface area contributed by atoms with Crippen molar-refractivity contribution in [2.75, 3.05) is 26.3 Å². The maximum Gasteiger partial charge on any atom is 0.231 e. The summed E-state index contributed by atoms with van der Waals surface area (Å²) in [6, 6.07) is 13.8. The first-order chi connectivity index (χ1) is 15.1. The fraction of sp³-hybridized carbons (Fsp3) is 0.318. The largest absolute Gasteiger partial charge is 0.454 e. The van der Waals surface area contributed by atoms with E-state index in [4.69, 9.17) is 14.2 Å². The summed E-state index contributed by atoms with van der Waals surface area (Å²) in [6.07, 6.45) is 0. The second kappa shape index (κ2) is 9.84. The van der Waals surface area contributed by atoms with E-state index in [9.17, 15) is 4.79 Å². The van der Waals surface area contributed by atoms with Gasteiger partial charge in [-0.1, -0.05) is 41.6 Å². The number of nitrogens with one attached hydrogen (secondary N) is 1. The Morgan fingerprint density at radius 3 is 2.90 bits per heavy atom. The van der Waals surface area contributed by atoms with Crippen molar-refractivity contribution >= 4 is 17.7 Å². The third-order valence-corrected chi connectivity index (χ3v) is 5.74. The molecule has 1 amide bonds. The summed E-state index contributed by atoms with van der Waals surface area (Å²) in [4.78, 5) is 12.4. The number of amides is 1. The van der Waals surface area contributed by atoms with Crippen molar-refractivity contribution in [3.8, 4) is 22.9 Å². The normalized spacial score (nSPS) is 12.2. The maximum absolute atomic E-state index is 12.4. The standard InChI is InChI=1S/C22H24N4O4S/c1-15-4-3-5-17(10-15)21-24-25-22(26(21)8-9-28-2)31-13-20(27)23-12-16-6-7-18-19(11-16)30-14-29-18/h3-7,10-11H,8-9,12-14H2,1-2H3,(H,23,27). The Bertz CT molecular complexity index is 1070. The molecule has 1 aromatic heterocycles. The number of thioether (sulfide) groups is 1. The summed E-state index contributed by atoms with van der Waals surface area (Å²) in [5.41, 5.74) is 3.09. The molecule has 0 saturated carbocycles. The summed E-state index contributed by atoms with van der Waals surface area (Å²) in [6.45, 7) is 3.82. The Hall–Kier alpha value is -3.04. The minimum Gasteiger partial charge on any atom is -0.454 e. The van der Waals surface area contributed by atoms with Gasteiger partial charge < -0.3 is 19.5 Å². The summed E-state index contributed by atoms with van der Waals surface area (Å²) in [5.74, 6) is 2.36. The number of benzene rings is 2. The van der Waals surface area contributed by atoms with E-state index in [0.29, 0.717) is 30.6 Å². The highest BCUT2D eigenvalue weighted by molar-refractivity contribution is 7.99. The number of nitrogens with zero attached hydrogens (tertiary/aromatic N) is 3. The van der Waals surface area contributed by atoms with E-state index >= 15 is 0 Å². The van der Waals surface area contributed by atoms with Crippen molar-refractivity contribution < 1.29 is 19.0 Å². The molecule has 0 aliphatic carbocycles. The van der Waals surface area contributed by atoms with Crippen molar-refractivity contribution in [3.05, 3.63) is 53.6 Å². The van der Waals surface area contributed by atoms with Crippen molar-refractivity contribution in [2.45, 2.75) is 25.2 Å². The van der Waals surface area contributed by atoms with Crippen LogP contribution in [-0.4, -0.2) is 46.9 Å². The molecule has 4 rings (SSSR count). The maximum atomic E-state index is 12.4. The lowest BCUT2D eigenvalue weighted by Gasteiger charge is -2.10. The van der Waals surface area contributed by atoms with Crippen molar-refractivity contribution in [1.82, 2.24) is 20.1 Å². The molecule has 9 heteroatoms. The molecule has 0 bridgehead atoms. The van der Waals surface area contributed by atoms with E-state index in [1.54, 1.807) is 7.11 Å². The Morgan fingerprint density at radius 2 is 2.06 bits per heavy atom. The van der Waals surface area contributed by atoms with Gasteiger partial charge in [-0.05, 0) is 30.7 Å². The molecule has 0 radical (unpaired) electrons. The Morgan fingerprint density at radius 1 is 1.19 bits per heavy atom. The smallest absolute Gasteiger partial charge is 0.231 e. The third kappa shape index (κ3) is 5.18. The van der Waals surface area contributed by atoms with Crippen LogP contribution in [0.5, 0.6) is 11.5 Å². The lowest BCUT2D eigenvalue weighted by Crippen LogP contribution is -2.24. The molecule has 0 saturated heterocycles. The van der Waals surface area contributed by atoms with Gasteiger partial charge in [0, 0.05) is 19.2 Å². The fourth-order valence-electron chi connectivity index (χ4n) is 3.21. The molecule has 0 atom stereocenters. The molecule has 0 spiro atoms. The molecule has 0 unspecified atom stereocenters. The van der Waals surface area contributed by atoms with Crippen LogP contribution >= 0.6 is 11.8 Å². The molecule has 2 aromatic carbocycles. The number of aryl methyl sites for hydroxylation is 1. The Labute approximate surface area is 184 Å². The van der Waals surface area contributed by atoms with E-state index < -0.39 is 0 Å². The van der Waals surface area contributed by atoms with Gasteiger partial charge in [0.05, 0.1) is 18.9 Å². The van der Waals surface area contributed by atoms with Gasteiger partial charge >= 0.3 is 0 Å². The number of rotatable bonds is 9. The van der Waals surface area contributed by atoms with Crippen LogP contribution < -0.4 is 14.8 Å². The van der Waals surface area contributed by atoms with Crippen LogP contribution in [-0.2, 0) is 22.6 Å². The molecule has 2 heterocycles. The molecular formula is C22H24N4O4S. The van der Waals surface area contributed by atoms with Crippen LogP contribution in [0.3, 0.4) is 0 Å². The number of carbonyl (C=O) groups excluding carboxylic acids is 1. The van der Waals surface area contributed by atoms with Gasteiger partial charge in [-0.25, -0.2) is 0 Å². The molecule has 1 aliphatic rings. The molecule has 0 fully saturated rings. The lowest BCUT2D eigenvalue weighted by molar-refractivity contribution is -0.118. The molecular weight excluding hydrogens is 416 g/mol. The highest BCUT2D eigenvalue weighted by Gasteiger charge is 2.16. The average molecular weight is 441 g/mol. The molecule has 1 N–H and O–H groups in total. The van der Waals surface area contributed by atoms with Crippen LogP contribution in [0.1, 0.15) is 11.1 Å². The van der Waals surface area contributed by atoms with Gasteiger partial charge in [0.1, 0.15) is 0 Å². The highest BCUT2D eigenvalue weighted by Crippen LogP contribution is 2.32. The van der Waals surface area contributed by atoms with Crippen LogP contribution in [0.25, 0.3) is 11.4 Å². The van der Waals surface area contributed by atoms with Gasteiger partial charge in [0.15, 0.2) is 22.5 Å². The Kier molecular flexibility index (Phi) is 6.73. The first-order valence-corrected chi connectivity index (χ1v) is 10.9. The number of ether oxygens (including phenoxy) is 3. The number of aromatic nitrogens is 3. The van der Waals surface area contributed by atoms with Gasteiger partial charge in [-0.2, -0.15) is 0 Å². The van der Waals surface area contributed by atoms with Gasteiger partial charge in [0.25, 0.3) is 0 Å². The van der Waals surface area contributed by atoms with Crippen molar-refractivity contribution in [2.24, 2.45) is 0 Å². The van der Waals surface area contributed by atoms with E-state index in [1.165, 1.54) is 11.8 Å². The average Bonchev–Trinajstić information content (AvgIpc) is 3.41. The number of hydrogen-bond donors (Lipinski definition) is 1. The van der Waals surface area contributed by atoms with Crippen LogP contribution in [0, 0.1) is 6.92 Å². The quantitative estimate of drug-likeness (QED) is 0.512. The second-order valence-corrected chi connectivity index (χ2v) is 8.02. The number of fused-ring (bicyclic) bond motifs is 1. The van der Waals surface area contributed by atoms with Crippen molar-refractivity contribution in [3.63, 3.8) is 0 Å². The van der Waals surface area contributed by atoms with E-state index in [0.717, 1.165) is 28.3 Å². The lowest BCUT2D eigenvalue weighted by atomic mass is 10.1. The first-order valence-electron chi connectivity index (χ1n) is 9.91. The molecule has 31 heavy (non-hydrogen) atoms. The molecule has 3 aromatic rings. The summed E-state index contributed by atoms with van der Waals surface area (Å²) < 4.78 is 17.9. The molecule has 162 valence electrons. The van der Waals surface area contributed by atoms with Gasteiger partial charge in [-0.15, -0.1) is 10.2 Å². The fourth-order valence-corrected chi connectivity index (χ4v) is 4.00. The zero-order chi connectivity index (χ0) is 21.6. The minimum absolute atomic E-state index is 0.0823. The van der Waals surface area contributed by atoms with E-state index in [-0.39, 0.29) is 18.5 Å². The van der Waals surface area contributed by atoms with Crippen molar-refractivity contribution in [1.29, 1.82) is 0 Å². The van der Waals surface area contributed by atoms with Crippen LogP contribution in [0.15, 0.2) is 47.6 Å². The summed E-state index contributed by atoms with van der Waals surface area (Å²) in [5, 5.41) is 12.3. The topological polar surface area (TPSA) is 87.5 Å². The van der Waals surface area contributed by atoms with Gasteiger partial charge in [0.2, 0.25) is 12.7 Å². The van der Waals surface area contributed by atoms with Crippen LogP contribution in [0.2, 0.25) is 0 Å². The highest BCUT2D eigenvalue weighted by atomic mass is 32.2. The van der Waals surface area contributed by atoms with E-state index in [1.807, 2.05) is 47.9 Å². The first kappa shape index (κ1) is 21.2. The monoisotopic (exact) mass is 440 g/mol. The predicted molar refractivity (Wildman–Crippen MR) is 117 cm³/mol. The Balaban J connectivity index is 1.38. The van der Waals surface area contributed by atoms with Gasteiger partial charge in [-0.3, -0.25) is 9.36 Å². The summed E-state index contributed by atoms with van der Waals surface area (Å²) >= 11 is 1.36.